The molecule has 13 heavy (non-hydrogen) atoms. The van der Waals surface area contributed by atoms with Crippen LogP contribution in [0.4, 0.5) is 0 Å². The Morgan fingerprint density at radius 3 is 3.23 bits per heavy atom. The van der Waals surface area contributed by atoms with Crippen molar-refractivity contribution in [3.63, 3.8) is 0 Å². The standard InChI is InChI=1S/C9H11N3O/c1-2-6-13-12-7-11-9-8(12)4-3-5-10-9/h3-5,7H,2,6H2,1H3. The molecule has 0 atom stereocenters. The molecule has 2 heterocycles. The fourth-order valence-electron chi connectivity index (χ4n) is 1.12. The van der Waals surface area contributed by atoms with E-state index in [1.807, 2.05) is 12.1 Å². The molecule has 2 rings (SSSR count). The number of nitrogens with zero attached hydrogens (tertiary/aromatic N) is 3. The van der Waals surface area contributed by atoms with Crippen molar-refractivity contribution in [3.05, 3.63) is 24.7 Å². The zero-order chi connectivity index (χ0) is 9.10. The quantitative estimate of drug-likeness (QED) is 0.708. The summed E-state index contributed by atoms with van der Waals surface area (Å²) in [5.41, 5.74) is 1.63. The van der Waals surface area contributed by atoms with E-state index < -0.39 is 0 Å². The van der Waals surface area contributed by atoms with Gasteiger partial charge in [-0.25, -0.2) is 9.97 Å². The van der Waals surface area contributed by atoms with Gasteiger partial charge in [-0.3, -0.25) is 0 Å². The topological polar surface area (TPSA) is 39.9 Å². The minimum atomic E-state index is 0.695. The Kier molecular flexibility index (Phi) is 2.12. The molecule has 0 radical (unpaired) electrons. The van der Waals surface area contributed by atoms with E-state index >= 15 is 0 Å². The van der Waals surface area contributed by atoms with E-state index in [9.17, 15) is 0 Å². The van der Waals surface area contributed by atoms with Gasteiger partial charge in [0.25, 0.3) is 0 Å². The number of hydrogen-bond donors (Lipinski definition) is 0. The lowest BCUT2D eigenvalue weighted by Crippen LogP contribution is -2.10. The maximum Gasteiger partial charge on any atom is 0.181 e. The largest absolute Gasteiger partial charge is 0.412 e. The van der Waals surface area contributed by atoms with Crippen LogP contribution in [0.25, 0.3) is 11.2 Å². The minimum Gasteiger partial charge on any atom is -0.412 e. The summed E-state index contributed by atoms with van der Waals surface area (Å²) >= 11 is 0. The van der Waals surface area contributed by atoms with Gasteiger partial charge in [-0.05, 0) is 18.6 Å². The predicted molar refractivity (Wildman–Crippen MR) is 49.3 cm³/mol. The van der Waals surface area contributed by atoms with Gasteiger partial charge < -0.3 is 4.84 Å². The Bertz CT molecular complexity index is 396. The first kappa shape index (κ1) is 8.04. The lowest BCUT2D eigenvalue weighted by molar-refractivity contribution is 0.119. The molecule has 0 unspecified atom stereocenters. The minimum absolute atomic E-state index is 0.695. The van der Waals surface area contributed by atoms with E-state index in [0.717, 1.165) is 17.6 Å². The Labute approximate surface area is 76.1 Å². The molecule has 68 valence electrons. The zero-order valence-electron chi connectivity index (χ0n) is 7.47. The Morgan fingerprint density at radius 1 is 1.46 bits per heavy atom. The van der Waals surface area contributed by atoms with Crippen molar-refractivity contribution >= 4 is 11.2 Å². The van der Waals surface area contributed by atoms with Gasteiger partial charge in [0.15, 0.2) is 5.65 Å². The second-order valence-electron chi connectivity index (χ2n) is 2.75. The number of imidazole rings is 1. The van der Waals surface area contributed by atoms with Crippen molar-refractivity contribution < 1.29 is 4.84 Å². The highest BCUT2D eigenvalue weighted by molar-refractivity contribution is 5.69. The highest BCUT2D eigenvalue weighted by Gasteiger charge is 2.01. The third-order valence-electron chi connectivity index (χ3n) is 1.72. The van der Waals surface area contributed by atoms with E-state index in [0.29, 0.717) is 6.61 Å². The molecule has 0 amide bonds. The van der Waals surface area contributed by atoms with Crippen molar-refractivity contribution in [2.24, 2.45) is 0 Å². The maximum atomic E-state index is 5.42. The van der Waals surface area contributed by atoms with Gasteiger partial charge in [-0.2, -0.15) is 4.73 Å². The summed E-state index contributed by atoms with van der Waals surface area (Å²) in [6, 6.07) is 3.81. The smallest absolute Gasteiger partial charge is 0.181 e. The first-order valence-electron chi connectivity index (χ1n) is 4.33. The third kappa shape index (κ3) is 1.47. The molecule has 0 aliphatic rings. The second kappa shape index (κ2) is 3.43. The molecule has 0 aliphatic heterocycles. The molecule has 4 heteroatoms. The molecular weight excluding hydrogens is 166 g/mol. The molecule has 2 aromatic rings. The predicted octanol–water partition coefficient (Wildman–Crippen LogP) is 1.27. The van der Waals surface area contributed by atoms with E-state index in [1.165, 1.54) is 0 Å². The summed E-state index contributed by atoms with van der Waals surface area (Å²) in [5, 5.41) is 0. The fourth-order valence-corrected chi connectivity index (χ4v) is 1.12. The van der Waals surface area contributed by atoms with Gasteiger partial charge in [-0.1, -0.05) is 6.92 Å². The van der Waals surface area contributed by atoms with Crippen LogP contribution in [-0.4, -0.2) is 21.3 Å². The summed E-state index contributed by atoms with van der Waals surface area (Å²) < 4.78 is 1.66. The van der Waals surface area contributed by atoms with E-state index in [4.69, 9.17) is 4.84 Å². The second-order valence-corrected chi connectivity index (χ2v) is 2.75. The molecule has 4 nitrogen and oxygen atoms in total. The van der Waals surface area contributed by atoms with Crippen LogP contribution in [0.3, 0.4) is 0 Å². The summed E-state index contributed by atoms with van der Waals surface area (Å²) in [4.78, 5) is 13.6. The molecule has 0 saturated heterocycles. The normalized spacial score (nSPS) is 10.5. The van der Waals surface area contributed by atoms with E-state index in [1.54, 1.807) is 17.3 Å². The van der Waals surface area contributed by atoms with Crippen LogP contribution >= 0.6 is 0 Å². The first-order chi connectivity index (χ1) is 6.42. The van der Waals surface area contributed by atoms with Gasteiger partial charge in [0, 0.05) is 6.20 Å². The highest BCUT2D eigenvalue weighted by Crippen LogP contribution is 2.06. The van der Waals surface area contributed by atoms with Crippen LogP contribution in [0.5, 0.6) is 0 Å². The molecule has 0 fully saturated rings. The monoisotopic (exact) mass is 177 g/mol. The van der Waals surface area contributed by atoms with Crippen LogP contribution < -0.4 is 4.84 Å². The summed E-state index contributed by atoms with van der Waals surface area (Å²) in [7, 11) is 0. The van der Waals surface area contributed by atoms with E-state index in [2.05, 4.69) is 16.9 Å². The van der Waals surface area contributed by atoms with Crippen LogP contribution in [0, 0.1) is 0 Å². The van der Waals surface area contributed by atoms with Crippen molar-refractivity contribution in [2.45, 2.75) is 13.3 Å². The Balaban J connectivity index is 2.35. The summed E-state index contributed by atoms with van der Waals surface area (Å²) in [5.74, 6) is 0. The van der Waals surface area contributed by atoms with Gasteiger partial charge in [0.1, 0.15) is 18.5 Å². The van der Waals surface area contributed by atoms with Gasteiger partial charge >= 0.3 is 0 Å². The average Bonchev–Trinajstić information content (AvgIpc) is 2.58. The van der Waals surface area contributed by atoms with Crippen molar-refractivity contribution in [2.75, 3.05) is 6.61 Å². The lowest BCUT2D eigenvalue weighted by atomic mass is 10.4. The van der Waals surface area contributed by atoms with Crippen molar-refractivity contribution in [3.8, 4) is 0 Å². The van der Waals surface area contributed by atoms with Crippen molar-refractivity contribution in [1.29, 1.82) is 0 Å². The lowest BCUT2D eigenvalue weighted by Gasteiger charge is -2.04. The van der Waals surface area contributed by atoms with Crippen LogP contribution in [0.2, 0.25) is 0 Å². The van der Waals surface area contributed by atoms with Gasteiger partial charge in [-0.15, -0.1) is 0 Å². The molecule has 0 aromatic carbocycles. The Hall–Kier alpha value is -1.58. The molecule has 0 spiro atoms. The van der Waals surface area contributed by atoms with Crippen LogP contribution in [0.1, 0.15) is 13.3 Å². The number of pyridine rings is 1. The van der Waals surface area contributed by atoms with Gasteiger partial charge in [0.2, 0.25) is 0 Å². The number of aromatic nitrogens is 3. The van der Waals surface area contributed by atoms with Crippen LogP contribution in [-0.2, 0) is 0 Å². The maximum absolute atomic E-state index is 5.42. The molecular formula is C9H11N3O. The molecule has 0 saturated carbocycles. The first-order valence-corrected chi connectivity index (χ1v) is 4.33. The number of fused-ring (bicyclic) bond motifs is 1. The fraction of sp³-hybridized carbons (Fsp3) is 0.333. The summed E-state index contributed by atoms with van der Waals surface area (Å²) in [6.07, 6.45) is 4.35. The Morgan fingerprint density at radius 2 is 2.38 bits per heavy atom. The number of hydrogen-bond acceptors (Lipinski definition) is 3. The molecule has 2 aromatic heterocycles. The highest BCUT2D eigenvalue weighted by atomic mass is 16.7. The molecule has 0 bridgehead atoms. The zero-order valence-corrected chi connectivity index (χ0v) is 7.47. The van der Waals surface area contributed by atoms with Gasteiger partial charge in [0.05, 0.1) is 0 Å². The van der Waals surface area contributed by atoms with E-state index in [-0.39, 0.29) is 0 Å². The van der Waals surface area contributed by atoms with Crippen LogP contribution in [0.15, 0.2) is 24.7 Å². The SMILES string of the molecule is CCCOn1cnc2ncccc21. The molecule has 0 aliphatic carbocycles. The summed E-state index contributed by atoms with van der Waals surface area (Å²) in [6.45, 7) is 2.76. The number of rotatable bonds is 3. The average molecular weight is 177 g/mol. The van der Waals surface area contributed by atoms with Crippen molar-refractivity contribution in [1.82, 2.24) is 14.7 Å². The molecule has 0 N–H and O–H groups in total. The third-order valence-corrected chi connectivity index (χ3v) is 1.72.